The summed E-state index contributed by atoms with van der Waals surface area (Å²) in [5.74, 6) is -0.207. The molecule has 0 aliphatic carbocycles. The number of carbonyl (C=O) groups is 1. The van der Waals surface area contributed by atoms with Gasteiger partial charge in [-0.2, -0.15) is 5.10 Å². The maximum atomic E-state index is 12.4. The van der Waals surface area contributed by atoms with Gasteiger partial charge in [-0.1, -0.05) is 30.3 Å². The van der Waals surface area contributed by atoms with E-state index in [0.717, 1.165) is 20.6 Å². The molecule has 0 aliphatic heterocycles. The number of rotatable bonds is 3. The van der Waals surface area contributed by atoms with E-state index >= 15 is 0 Å². The fraction of sp³-hybridized carbons (Fsp3) is 0.0588. The predicted molar refractivity (Wildman–Crippen MR) is 95.4 cm³/mol. The van der Waals surface area contributed by atoms with Crippen molar-refractivity contribution in [2.75, 3.05) is 5.32 Å². The number of aromatic nitrogens is 2. The molecule has 3 aromatic rings. The standard InChI is InChI=1S/C17H14IN3O/c1-12-11-16(20-21(12)13-7-3-2-4-8-13)17(22)19-15-10-6-5-9-14(15)18/h2-11H,1H3,(H,19,22). The molecule has 0 saturated carbocycles. The van der Waals surface area contributed by atoms with Crippen molar-refractivity contribution in [2.45, 2.75) is 6.92 Å². The number of aryl methyl sites for hydroxylation is 1. The molecule has 1 aromatic heterocycles. The number of amides is 1. The summed E-state index contributed by atoms with van der Waals surface area (Å²) in [5, 5.41) is 7.30. The van der Waals surface area contributed by atoms with Gasteiger partial charge >= 0.3 is 0 Å². The first-order valence-corrected chi connectivity index (χ1v) is 7.91. The molecule has 1 amide bonds. The third-order valence-electron chi connectivity index (χ3n) is 3.24. The third kappa shape index (κ3) is 3.04. The molecular formula is C17H14IN3O. The van der Waals surface area contributed by atoms with Gasteiger partial charge in [0.1, 0.15) is 0 Å². The van der Waals surface area contributed by atoms with Crippen LogP contribution in [0.25, 0.3) is 5.69 Å². The Morgan fingerprint density at radius 2 is 1.77 bits per heavy atom. The monoisotopic (exact) mass is 403 g/mol. The van der Waals surface area contributed by atoms with Crippen molar-refractivity contribution in [3.8, 4) is 5.69 Å². The minimum atomic E-state index is -0.207. The van der Waals surface area contributed by atoms with Gasteiger partial charge in [0.15, 0.2) is 5.69 Å². The van der Waals surface area contributed by atoms with Crippen molar-refractivity contribution < 1.29 is 4.79 Å². The summed E-state index contributed by atoms with van der Waals surface area (Å²) in [6.07, 6.45) is 0. The Bertz CT molecular complexity index is 812. The molecule has 0 aliphatic rings. The van der Waals surface area contributed by atoms with E-state index in [2.05, 4.69) is 33.0 Å². The Morgan fingerprint density at radius 3 is 2.50 bits per heavy atom. The van der Waals surface area contributed by atoms with Crippen LogP contribution >= 0.6 is 22.6 Å². The Hall–Kier alpha value is -2.15. The van der Waals surface area contributed by atoms with Gasteiger partial charge in [-0.25, -0.2) is 4.68 Å². The van der Waals surface area contributed by atoms with E-state index < -0.39 is 0 Å². The van der Waals surface area contributed by atoms with Gasteiger partial charge in [0.2, 0.25) is 0 Å². The Balaban J connectivity index is 1.87. The molecule has 0 saturated heterocycles. The number of carbonyl (C=O) groups excluding carboxylic acids is 1. The van der Waals surface area contributed by atoms with E-state index in [-0.39, 0.29) is 5.91 Å². The molecule has 4 nitrogen and oxygen atoms in total. The van der Waals surface area contributed by atoms with Crippen LogP contribution in [0, 0.1) is 10.5 Å². The zero-order valence-electron chi connectivity index (χ0n) is 12.0. The first-order chi connectivity index (χ1) is 10.6. The maximum Gasteiger partial charge on any atom is 0.276 e. The summed E-state index contributed by atoms with van der Waals surface area (Å²) in [7, 11) is 0. The highest BCUT2D eigenvalue weighted by Crippen LogP contribution is 2.18. The first-order valence-electron chi connectivity index (χ1n) is 6.83. The van der Waals surface area contributed by atoms with Crippen LogP contribution in [-0.4, -0.2) is 15.7 Å². The lowest BCUT2D eigenvalue weighted by atomic mass is 10.3. The minimum absolute atomic E-state index is 0.207. The molecule has 0 fully saturated rings. The number of para-hydroxylation sites is 2. The van der Waals surface area contributed by atoms with E-state index in [1.54, 1.807) is 10.7 Å². The average molecular weight is 403 g/mol. The molecule has 22 heavy (non-hydrogen) atoms. The topological polar surface area (TPSA) is 46.9 Å². The normalized spacial score (nSPS) is 10.5. The lowest BCUT2D eigenvalue weighted by Gasteiger charge is -2.05. The van der Waals surface area contributed by atoms with Crippen molar-refractivity contribution in [2.24, 2.45) is 0 Å². The van der Waals surface area contributed by atoms with Gasteiger partial charge in [0, 0.05) is 9.26 Å². The number of anilines is 1. The Kier molecular flexibility index (Phi) is 4.24. The fourth-order valence-electron chi connectivity index (χ4n) is 2.16. The second-order valence-electron chi connectivity index (χ2n) is 4.85. The molecule has 1 N–H and O–H groups in total. The highest BCUT2D eigenvalue weighted by Gasteiger charge is 2.14. The lowest BCUT2D eigenvalue weighted by Crippen LogP contribution is -2.14. The molecule has 5 heteroatoms. The van der Waals surface area contributed by atoms with E-state index in [9.17, 15) is 4.79 Å². The number of halogens is 1. The molecule has 110 valence electrons. The quantitative estimate of drug-likeness (QED) is 0.672. The van der Waals surface area contributed by atoms with Crippen LogP contribution in [0.2, 0.25) is 0 Å². The highest BCUT2D eigenvalue weighted by molar-refractivity contribution is 14.1. The SMILES string of the molecule is Cc1cc(C(=O)Nc2ccccc2I)nn1-c1ccccc1. The molecule has 3 rings (SSSR count). The van der Waals surface area contributed by atoms with Crippen molar-refractivity contribution >= 4 is 34.2 Å². The minimum Gasteiger partial charge on any atom is -0.320 e. The molecule has 0 radical (unpaired) electrons. The van der Waals surface area contributed by atoms with Crippen LogP contribution < -0.4 is 5.32 Å². The predicted octanol–water partition coefficient (Wildman–Crippen LogP) is 4.04. The van der Waals surface area contributed by atoms with Crippen LogP contribution in [0.5, 0.6) is 0 Å². The van der Waals surface area contributed by atoms with Crippen molar-refractivity contribution in [3.05, 3.63) is 75.6 Å². The first kappa shape index (κ1) is 14.8. The van der Waals surface area contributed by atoms with Gasteiger partial charge in [-0.15, -0.1) is 0 Å². The van der Waals surface area contributed by atoms with Crippen molar-refractivity contribution in [1.29, 1.82) is 0 Å². The summed E-state index contributed by atoms with van der Waals surface area (Å²) in [6, 6.07) is 19.2. The van der Waals surface area contributed by atoms with Crippen molar-refractivity contribution in [1.82, 2.24) is 9.78 Å². The summed E-state index contributed by atoms with van der Waals surface area (Å²) < 4.78 is 2.76. The molecule has 0 spiro atoms. The second kappa shape index (κ2) is 6.31. The lowest BCUT2D eigenvalue weighted by molar-refractivity contribution is 0.102. The molecule has 0 bridgehead atoms. The number of hydrogen-bond donors (Lipinski definition) is 1. The summed E-state index contributed by atoms with van der Waals surface area (Å²) in [6.45, 7) is 1.93. The Labute approximate surface area is 142 Å². The second-order valence-corrected chi connectivity index (χ2v) is 6.01. The number of benzene rings is 2. The number of hydrogen-bond acceptors (Lipinski definition) is 2. The summed E-state index contributed by atoms with van der Waals surface area (Å²) in [5.41, 5.74) is 3.05. The van der Waals surface area contributed by atoms with Crippen LogP contribution in [0.1, 0.15) is 16.2 Å². The molecular weight excluding hydrogens is 389 g/mol. The maximum absolute atomic E-state index is 12.4. The van der Waals surface area contributed by atoms with Crippen LogP contribution in [0.4, 0.5) is 5.69 Å². The smallest absolute Gasteiger partial charge is 0.276 e. The van der Waals surface area contributed by atoms with Crippen molar-refractivity contribution in [3.63, 3.8) is 0 Å². The van der Waals surface area contributed by atoms with Gasteiger partial charge < -0.3 is 5.32 Å². The largest absolute Gasteiger partial charge is 0.320 e. The summed E-state index contributed by atoms with van der Waals surface area (Å²) in [4.78, 5) is 12.4. The van der Waals surface area contributed by atoms with Gasteiger partial charge in [0.25, 0.3) is 5.91 Å². The molecule has 2 aromatic carbocycles. The van der Waals surface area contributed by atoms with E-state index in [0.29, 0.717) is 5.69 Å². The van der Waals surface area contributed by atoms with Gasteiger partial charge in [0.05, 0.1) is 11.4 Å². The van der Waals surface area contributed by atoms with Gasteiger partial charge in [-0.05, 0) is 59.8 Å². The van der Waals surface area contributed by atoms with Crippen LogP contribution in [0.3, 0.4) is 0 Å². The highest BCUT2D eigenvalue weighted by atomic mass is 127. The third-order valence-corrected chi connectivity index (χ3v) is 4.18. The van der Waals surface area contributed by atoms with Gasteiger partial charge in [-0.3, -0.25) is 4.79 Å². The van der Waals surface area contributed by atoms with Crippen LogP contribution in [-0.2, 0) is 0 Å². The molecule has 0 unspecified atom stereocenters. The van der Waals surface area contributed by atoms with E-state index in [1.165, 1.54) is 0 Å². The Morgan fingerprint density at radius 1 is 1.09 bits per heavy atom. The van der Waals surface area contributed by atoms with E-state index in [1.807, 2.05) is 61.5 Å². The average Bonchev–Trinajstić information content (AvgIpc) is 2.92. The molecule has 0 atom stereocenters. The zero-order valence-corrected chi connectivity index (χ0v) is 14.1. The summed E-state index contributed by atoms with van der Waals surface area (Å²) >= 11 is 2.19. The number of nitrogens with zero attached hydrogens (tertiary/aromatic N) is 2. The molecule has 1 heterocycles. The van der Waals surface area contributed by atoms with E-state index in [4.69, 9.17) is 0 Å². The zero-order chi connectivity index (χ0) is 15.5. The number of nitrogens with one attached hydrogen (secondary N) is 1. The van der Waals surface area contributed by atoms with Crippen LogP contribution in [0.15, 0.2) is 60.7 Å². The fourth-order valence-corrected chi connectivity index (χ4v) is 2.69.